The fourth-order valence-electron chi connectivity index (χ4n) is 4.64. The lowest BCUT2D eigenvalue weighted by Crippen LogP contribution is -2.58. The van der Waals surface area contributed by atoms with Crippen molar-refractivity contribution in [2.45, 2.75) is 52.0 Å². The molecule has 3 aliphatic rings. The van der Waals surface area contributed by atoms with Crippen LogP contribution in [0, 0.1) is 11.3 Å². The van der Waals surface area contributed by atoms with Crippen molar-refractivity contribution in [3.8, 4) is 0 Å². The molecule has 35 heavy (non-hydrogen) atoms. The predicted molar refractivity (Wildman–Crippen MR) is 135 cm³/mol. The number of nitrogens with one attached hydrogen (secondary N) is 1. The Balaban J connectivity index is 0.000000421. The molecule has 1 saturated heterocycles. The van der Waals surface area contributed by atoms with Crippen molar-refractivity contribution < 1.29 is 14.4 Å². The molecule has 1 aromatic carbocycles. The molecule has 3 N–H and O–H groups in total. The number of hydrogen-bond donors (Lipinski definition) is 2. The minimum absolute atomic E-state index is 0.114. The van der Waals surface area contributed by atoms with Crippen molar-refractivity contribution in [2.24, 2.45) is 11.3 Å². The normalized spacial score (nSPS) is 25.2. The van der Waals surface area contributed by atoms with Crippen LogP contribution in [0.25, 0.3) is 0 Å². The van der Waals surface area contributed by atoms with Gasteiger partial charge in [0.05, 0.1) is 11.9 Å². The molecule has 2 aromatic rings. The smallest absolute Gasteiger partial charge is 0.313 e. The second-order valence-corrected chi connectivity index (χ2v) is 10.2. The lowest BCUT2D eigenvalue weighted by Gasteiger charge is -2.41. The van der Waals surface area contributed by atoms with E-state index in [1.807, 2.05) is 61.2 Å². The summed E-state index contributed by atoms with van der Waals surface area (Å²) in [5.74, 6) is 0.173. The molecule has 3 unspecified atom stereocenters. The molecule has 2 heterocycles. The quantitative estimate of drug-likeness (QED) is 0.660. The summed E-state index contributed by atoms with van der Waals surface area (Å²) in [5, 5.41) is 2.65. The van der Waals surface area contributed by atoms with E-state index < -0.39 is 11.8 Å². The maximum Gasteiger partial charge on any atom is 0.313 e. The molecule has 0 radical (unpaired) electrons. The Kier molecular flexibility index (Phi) is 7.10. The molecular weight excluding hydrogens is 442 g/mol. The number of nitrogens with two attached hydrogens (primary N) is 1. The Morgan fingerprint density at radius 2 is 1.66 bits per heavy atom. The Morgan fingerprint density at radius 3 is 2.17 bits per heavy atom. The van der Waals surface area contributed by atoms with Crippen molar-refractivity contribution in [1.82, 2.24) is 14.8 Å². The zero-order valence-electron chi connectivity index (χ0n) is 20.7. The first-order valence-corrected chi connectivity index (χ1v) is 12.4. The number of aromatic nitrogens is 1. The number of anilines is 2. The maximum atomic E-state index is 12.8. The number of nitrogen functional groups attached to an aromatic ring is 1. The number of piperazine rings is 1. The van der Waals surface area contributed by atoms with Crippen LogP contribution in [0.2, 0.25) is 0 Å². The van der Waals surface area contributed by atoms with Gasteiger partial charge in [-0.15, -0.1) is 0 Å². The number of benzene rings is 1. The summed E-state index contributed by atoms with van der Waals surface area (Å²) in [6.45, 7) is 7.20. The third kappa shape index (κ3) is 5.63. The van der Waals surface area contributed by atoms with E-state index in [1.54, 1.807) is 0 Å². The lowest BCUT2D eigenvalue weighted by atomic mass is 10.0. The number of carbonyl (C=O) groups excluding carboxylic acids is 3. The summed E-state index contributed by atoms with van der Waals surface area (Å²) in [6, 6.07) is 13.7. The summed E-state index contributed by atoms with van der Waals surface area (Å²) >= 11 is 0. The second-order valence-electron chi connectivity index (χ2n) is 10.2. The Labute approximate surface area is 206 Å². The molecule has 8 nitrogen and oxygen atoms in total. The molecule has 2 aliphatic carbocycles. The lowest BCUT2D eigenvalue weighted by molar-refractivity contribution is -0.149. The van der Waals surface area contributed by atoms with Crippen LogP contribution < -0.4 is 11.1 Å². The van der Waals surface area contributed by atoms with Crippen LogP contribution in [0.5, 0.6) is 0 Å². The van der Waals surface area contributed by atoms with Crippen molar-refractivity contribution in [2.75, 3.05) is 30.7 Å². The first-order valence-electron chi connectivity index (χ1n) is 12.4. The number of rotatable bonds is 3. The first kappa shape index (κ1) is 24.7. The van der Waals surface area contributed by atoms with Crippen LogP contribution in [0.3, 0.4) is 0 Å². The largest absolute Gasteiger partial charge is 0.383 e. The number of nitrogens with zero attached hydrogens (tertiary/aromatic N) is 3. The van der Waals surface area contributed by atoms with E-state index in [4.69, 9.17) is 5.73 Å². The van der Waals surface area contributed by atoms with E-state index in [1.165, 1.54) is 11.1 Å². The molecule has 8 heteroatoms. The number of hydrogen-bond acceptors (Lipinski definition) is 5. The van der Waals surface area contributed by atoms with Crippen LogP contribution in [-0.4, -0.2) is 58.2 Å². The van der Waals surface area contributed by atoms with Crippen molar-refractivity contribution >= 4 is 29.2 Å². The molecule has 0 spiro atoms. The minimum Gasteiger partial charge on any atom is -0.383 e. The monoisotopic (exact) mass is 477 g/mol. The Bertz CT molecular complexity index is 1060. The van der Waals surface area contributed by atoms with Gasteiger partial charge < -0.3 is 20.9 Å². The van der Waals surface area contributed by atoms with Gasteiger partial charge in [-0.05, 0) is 49.7 Å². The van der Waals surface area contributed by atoms with E-state index in [-0.39, 0.29) is 17.4 Å². The minimum atomic E-state index is -0.687. The van der Waals surface area contributed by atoms with Crippen molar-refractivity contribution in [1.29, 1.82) is 0 Å². The van der Waals surface area contributed by atoms with E-state index in [2.05, 4.69) is 17.2 Å². The average Bonchev–Trinajstić information content (AvgIpc) is 3.79. The average molecular weight is 478 g/mol. The third-order valence-electron chi connectivity index (χ3n) is 7.41. The van der Waals surface area contributed by atoms with Gasteiger partial charge in [-0.1, -0.05) is 50.2 Å². The van der Waals surface area contributed by atoms with Gasteiger partial charge in [-0.3, -0.25) is 14.4 Å². The van der Waals surface area contributed by atoms with Crippen LogP contribution in [0.4, 0.5) is 11.5 Å². The number of amides is 3. The molecule has 3 amide bonds. The summed E-state index contributed by atoms with van der Waals surface area (Å²) in [7, 11) is 0. The van der Waals surface area contributed by atoms with Crippen molar-refractivity contribution in [3.05, 3.63) is 54.2 Å². The SMILES string of the molecule is CC1CN(C(=O)C(=O)Nc2cnc(N)c(C3CC3)c2)CCN1C(=O)C1(C)CC1C.c1ccccc1. The topological polar surface area (TPSA) is 109 Å². The Morgan fingerprint density at radius 1 is 1.06 bits per heavy atom. The maximum absolute atomic E-state index is 12.8. The fraction of sp³-hybridized carbons (Fsp3) is 0.481. The number of pyridine rings is 1. The number of carbonyl (C=O) groups is 3. The van der Waals surface area contributed by atoms with Crippen molar-refractivity contribution in [3.63, 3.8) is 0 Å². The van der Waals surface area contributed by atoms with Crippen LogP contribution in [0.1, 0.15) is 51.5 Å². The molecule has 2 saturated carbocycles. The second kappa shape index (κ2) is 10.1. The van der Waals surface area contributed by atoms with Crippen LogP contribution in [-0.2, 0) is 14.4 Å². The molecular formula is C27H35N5O3. The van der Waals surface area contributed by atoms with E-state index in [0.717, 1.165) is 24.8 Å². The van der Waals surface area contributed by atoms with Gasteiger partial charge in [-0.2, -0.15) is 0 Å². The summed E-state index contributed by atoms with van der Waals surface area (Å²) in [6.07, 6.45) is 4.53. The molecule has 0 bridgehead atoms. The van der Waals surface area contributed by atoms with E-state index in [0.29, 0.717) is 43.0 Å². The predicted octanol–water partition coefficient (Wildman–Crippen LogP) is 3.27. The van der Waals surface area contributed by atoms with E-state index in [9.17, 15) is 14.4 Å². The highest BCUT2D eigenvalue weighted by atomic mass is 16.2. The zero-order chi connectivity index (χ0) is 25.2. The van der Waals surface area contributed by atoms with E-state index >= 15 is 0 Å². The molecule has 3 atom stereocenters. The zero-order valence-corrected chi connectivity index (χ0v) is 20.7. The summed E-state index contributed by atoms with van der Waals surface area (Å²) in [4.78, 5) is 45.5. The van der Waals surface area contributed by atoms with Crippen LogP contribution >= 0.6 is 0 Å². The van der Waals surface area contributed by atoms with Gasteiger partial charge >= 0.3 is 11.8 Å². The molecule has 1 aromatic heterocycles. The van der Waals surface area contributed by atoms with Gasteiger partial charge in [0.15, 0.2) is 0 Å². The van der Waals surface area contributed by atoms with Gasteiger partial charge in [-0.25, -0.2) is 4.98 Å². The highest BCUT2D eigenvalue weighted by Gasteiger charge is 2.55. The summed E-state index contributed by atoms with van der Waals surface area (Å²) < 4.78 is 0. The fourth-order valence-corrected chi connectivity index (χ4v) is 4.64. The van der Waals surface area contributed by atoms with Gasteiger partial charge in [0.2, 0.25) is 5.91 Å². The highest BCUT2D eigenvalue weighted by Crippen LogP contribution is 2.53. The standard InChI is InChI=1S/C21H29N5O3.C6H6/c1-12-9-21(12,3)20(29)26-7-6-25(11-13(26)2)19(28)18(27)24-15-8-16(14-4-5-14)17(22)23-10-15;1-2-4-6-5-3-1/h8,10,12-14H,4-7,9,11H2,1-3H3,(H2,22,23)(H,24,27);1-6H. The third-order valence-corrected chi connectivity index (χ3v) is 7.41. The van der Waals surface area contributed by atoms with Crippen LogP contribution in [0.15, 0.2) is 48.7 Å². The highest BCUT2D eigenvalue weighted by molar-refractivity contribution is 6.39. The summed E-state index contributed by atoms with van der Waals surface area (Å²) in [5.41, 5.74) is 7.05. The molecule has 3 fully saturated rings. The van der Waals surface area contributed by atoms with Gasteiger partial charge in [0.25, 0.3) is 0 Å². The molecule has 5 rings (SSSR count). The molecule has 186 valence electrons. The van der Waals surface area contributed by atoms with Gasteiger partial charge in [0.1, 0.15) is 5.82 Å². The molecule has 1 aliphatic heterocycles. The van der Waals surface area contributed by atoms with Gasteiger partial charge in [0, 0.05) is 31.1 Å². The first-order chi connectivity index (χ1) is 16.7. The Hall–Kier alpha value is -3.42.